The Balaban J connectivity index is 1.88. The third kappa shape index (κ3) is 2.24. The minimum absolute atomic E-state index is 0.140. The molecule has 96 valence electrons. The highest BCUT2D eigenvalue weighted by Crippen LogP contribution is 2.28. The van der Waals surface area contributed by atoms with Crippen molar-refractivity contribution in [2.45, 2.75) is 19.3 Å². The first-order valence-electron chi connectivity index (χ1n) is 6.45. The number of carbonyl (C=O) groups excluding carboxylic acids is 1. The predicted molar refractivity (Wildman–Crippen MR) is 72.6 cm³/mol. The molecule has 3 heteroatoms. The summed E-state index contributed by atoms with van der Waals surface area (Å²) in [7, 11) is 0. The Labute approximate surface area is 112 Å². The van der Waals surface area contributed by atoms with E-state index < -0.39 is 0 Å². The molecular formula is C16H15NO2. The van der Waals surface area contributed by atoms with Crippen LogP contribution in [-0.2, 0) is 6.42 Å². The highest BCUT2D eigenvalue weighted by Gasteiger charge is 2.20. The number of hydrogen-bond acceptors (Lipinski definition) is 3. The van der Waals surface area contributed by atoms with Gasteiger partial charge in [0, 0.05) is 30.3 Å². The van der Waals surface area contributed by atoms with E-state index in [4.69, 9.17) is 4.74 Å². The van der Waals surface area contributed by atoms with Gasteiger partial charge in [-0.25, -0.2) is 0 Å². The van der Waals surface area contributed by atoms with Gasteiger partial charge >= 0.3 is 0 Å². The van der Waals surface area contributed by atoms with Gasteiger partial charge in [-0.15, -0.1) is 0 Å². The lowest BCUT2D eigenvalue weighted by Gasteiger charge is -2.11. The van der Waals surface area contributed by atoms with Crippen LogP contribution < -0.4 is 4.74 Å². The molecular weight excluding hydrogens is 238 g/mol. The fourth-order valence-corrected chi connectivity index (χ4v) is 2.39. The monoisotopic (exact) mass is 253 g/mol. The van der Waals surface area contributed by atoms with E-state index in [-0.39, 0.29) is 11.7 Å². The van der Waals surface area contributed by atoms with Gasteiger partial charge in [-0.1, -0.05) is 6.92 Å². The van der Waals surface area contributed by atoms with Crippen molar-refractivity contribution in [3.63, 3.8) is 0 Å². The number of Topliss-reactive ketones (excluding diaryl/α,β-unsaturated/α-hetero) is 1. The van der Waals surface area contributed by atoms with E-state index in [2.05, 4.69) is 4.98 Å². The molecule has 0 radical (unpaired) electrons. The molecule has 19 heavy (non-hydrogen) atoms. The predicted octanol–water partition coefficient (Wildman–Crippen LogP) is 3.00. The average molecular weight is 253 g/mol. The highest BCUT2D eigenvalue weighted by atomic mass is 16.5. The third-order valence-electron chi connectivity index (χ3n) is 3.57. The molecule has 0 N–H and O–H groups in total. The van der Waals surface area contributed by atoms with Gasteiger partial charge in [0.2, 0.25) is 0 Å². The van der Waals surface area contributed by atoms with E-state index in [1.807, 2.05) is 37.3 Å². The molecule has 0 aliphatic carbocycles. The van der Waals surface area contributed by atoms with Gasteiger partial charge < -0.3 is 4.74 Å². The number of ether oxygens (including phenoxy) is 1. The quantitative estimate of drug-likeness (QED) is 0.789. The smallest absolute Gasteiger partial charge is 0.170 e. The van der Waals surface area contributed by atoms with Gasteiger partial charge in [0.1, 0.15) is 5.75 Å². The normalized spacial score (nSPS) is 14.6. The average Bonchev–Trinajstić information content (AvgIpc) is 2.94. The van der Waals surface area contributed by atoms with Gasteiger partial charge in [0.25, 0.3) is 0 Å². The molecule has 1 atom stereocenters. The molecule has 1 aliphatic heterocycles. The Kier molecular flexibility index (Phi) is 3.03. The highest BCUT2D eigenvalue weighted by molar-refractivity contribution is 6.01. The van der Waals surface area contributed by atoms with Crippen LogP contribution in [0.3, 0.4) is 0 Å². The van der Waals surface area contributed by atoms with E-state index >= 15 is 0 Å². The molecule has 1 aromatic carbocycles. The van der Waals surface area contributed by atoms with E-state index in [0.29, 0.717) is 6.61 Å². The SMILES string of the molecule is CC(C(=O)c1ccc2c(c1)CCO2)c1ccncc1. The zero-order chi connectivity index (χ0) is 13.2. The van der Waals surface area contributed by atoms with E-state index in [0.717, 1.165) is 28.9 Å². The zero-order valence-electron chi connectivity index (χ0n) is 10.8. The van der Waals surface area contributed by atoms with Crippen molar-refractivity contribution in [3.05, 3.63) is 59.4 Å². The van der Waals surface area contributed by atoms with Crippen LogP contribution >= 0.6 is 0 Å². The van der Waals surface area contributed by atoms with Gasteiger partial charge in [-0.2, -0.15) is 0 Å². The first kappa shape index (κ1) is 11.9. The van der Waals surface area contributed by atoms with Crippen molar-refractivity contribution in [3.8, 4) is 5.75 Å². The van der Waals surface area contributed by atoms with Crippen LogP contribution in [0.25, 0.3) is 0 Å². The summed E-state index contributed by atoms with van der Waals surface area (Å²) in [6.07, 6.45) is 4.32. The summed E-state index contributed by atoms with van der Waals surface area (Å²) in [6.45, 7) is 2.65. The van der Waals surface area contributed by atoms with Crippen LogP contribution in [0.15, 0.2) is 42.7 Å². The number of pyridine rings is 1. The maximum Gasteiger partial charge on any atom is 0.170 e. The number of aromatic nitrogens is 1. The molecule has 3 nitrogen and oxygen atoms in total. The van der Waals surface area contributed by atoms with Gasteiger partial charge in [0.05, 0.1) is 6.61 Å². The van der Waals surface area contributed by atoms with Crippen molar-refractivity contribution in [2.75, 3.05) is 6.61 Å². The minimum Gasteiger partial charge on any atom is -0.493 e. The number of benzene rings is 1. The summed E-state index contributed by atoms with van der Waals surface area (Å²) in [5.74, 6) is 0.900. The van der Waals surface area contributed by atoms with Crippen LogP contribution in [0, 0.1) is 0 Å². The second-order valence-corrected chi connectivity index (χ2v) is 4.79. The summed E-state index contributed by atoms with van der Waals surface area (Å²) in [6, 6.07) is 9.49. The lowest BCUT2D eigenvalue weighted by Crippen LogP contribution is -2.09. The second kappa shape index (κ2) is 4.84. The Morgan fingerprint density at radius 3 is 2.84 bits per heavy atom. The molecule has 0 bridgehead atoms. The van der Waals surface area contributed by atoms with E-state index in [9.17, 15) is 4.79 Å². The van der Waals surface area contributed by atoms with Crippen LogP contribution in [0.2, 0.25) is 0 Å². The molecule has 0 saturated carbocycles. The van der Waals surface area contributed by atoms with Crippen LogP contribution in [-0.4, -0.2) is 17.4 Å². The topological polar surface area (TPSA) is 39.2 Å². The number of hydrogen-bond donors (Lipinski definition) is 0. The van der Waals surface area contributed by atoms with E-state index in [1.165, 1.54) is 0 Å². The number of fused-ring (bicyclic) bond motifs is 1. The third-order valence-corrected chi connectivity index (χ3v) is 3.57. The fraction of sp³-hybridized carbons (Fsp3) is 0.250. The Bertz CT molecular complexity index is 607. The molecule has 3 rings (SSSR count). The first-order chi connectivity index (χ1) is 9.25. The largest absolute Gasteiger partial charge is 0.493 e. The van der Waals surface area contributed by atoms with Crippen molar-refractivity contribution in [1.82, 2.24) is 4.98 Å². The van der Waals surface area contributed by atoms with Crippen molar-refractivity contribution >= 4 is 5.78 Å². The zero-order valence-corrected chi connectivity index (χ0v) is 10.8. The van der Waals surface area contributed by atoms with Gasteiger partial charge in [-0.05, 0) is 41.5 Å². The number of rotatable bonds is 3. The van der Waals surface area contributed by atoms with Gasteiger partial charge in [0.15, 0.2) is 5.78 Å². The van der Waals surface area contributed by atoms with Crippen LogP contribution in [0.1, 0.15) is 34.3 Å². The lowest BCUT2D eigenvalue weighted by molar-refractivity contribution is 0.0966. The molecule has 1 aromatic heterocycles. The Morgan fingerprint density at radius 1 is 1.26 bits per heavy atom. The van der Waals surface area contributed by atoms with E-state index in [1.54, 1.807) is 12.4 Å². The summed E-state index contributed by atoms with van der Waals surface area (Å²) in [5, 5.41) is 0. The van der Waals surface area contributed by atoms with Crippen molar-refractivity contribution < 1.29 is 9.53 Å². The summed E-state index contributed by atoms with van der Waals surface area (Å²) >= 11 is 0. The molecule has 2 aromatic rings. The maximum absolute atomic E-state index is 12.5. The lowest BCUT2D eigenvalue weighted by atomic mass is 9.92. The maximum atomic E-state index is 12.5. The molecule has 1 aliphatic rings. The standard InChI is InChI=1S/C16H15NO2/c1-11(12-4-7-17-8-5-12)16(18)14-2-3-15-13(10-14)6-9-19-15/h2-5,7-8,10-11H,6,9H2,1H3. The van der Waals surface area contributed by atoms with Gasteiger partial charge in [-0.3, -0.25) is 9.78 Å². The summed E-state index contributed by atoms with van der Waals surface area (Å²) in [5.41, 5.74) is 2.89. The molecule has 1 unspecified atom stereocenters. The molecule has 0 fully saturated rings. The fourth-order valence-electron chi connectivity index (χ4n) is 2.39. The van der Waals surface area contributed by atoms with Crippen molar-refractivity contribution in [2.24, 2.45) is 0 Å². The summed E-state index contributed by atoms with van der Waals surface area (Å²) in [4.78, 5) is 16.5. The van der Waals surface area contributed by atoms with Crippen LogP contribution in [0.4, 0.5) is 0 Å². The molecule has 0 saturated heterocycles. The number of nitrogens with zero attached hydrogens (tertiary/aromatic N) is 1. The molecule has 0 amide bonds. The number of carbonyl (C=O) groups is 1. The second-order valence-electron chi connectivity index (χ2n) is 4.79. The first-order valence-corrected chi connectivity index (χ1v) is 6.45. The molecule has 0 spiro atoms. The number of ketones is 1. The Hall–Kier alpha value is -2.16. The van der Waals surface area contributed by atoms with Crippen molar-refractivity contribution in [1.29, 1.82) is 0 Å². The minimum atomic E-state index is -0.150. The van der Waals surface area contributed by atoms with Crippen LogP contribution in [0.5, 0.6) is 5.75 Å². The molecule has 2 heterocycles. The Morgan fingerprint density at radius 2 is 2.05 bits per heavy atom. The summed E-state index contributed by atoms with van der Waals surface area (Å²) < 4.78 is 5.46.